The maximum atomic E-state index is 13.2. The van der Waals surface area contributed by atoms with Crippen molar-refractivity contribution in [3.05, 3.63) is 77.7 Å². The molecule has 0 saturated heterocycles. The number of anilines is 2. The highest BCUT2D eigenvalue weighted by Gasteiger charge is 2.23. The van der Waals surface area contributed by atoms with E-state index in [1.165, 1.54) is 30.0 Å². The molecule has 0 bridgehead atoms. The van der Waals surface area contributed by atoms with Crippen molar-refractivity contribution in [1.82, 2.24) is 14.6 Å². The molecule has 0 radical (unpaired) electrons. The Hall–Kier alpha value is -3.92. The molecule has 0 unspecified atom stereocenters. The number of carbonyl (C=O) groups is 1. The lowest BCUT2D eigenvalue weighted by molar-refractivity contribution is 0.102. The van der Waals surface area contributed by atoms with Gasteiger partial charge in [0.25, 0.3) is 15.9 Å². The first-order valence-corrected chi connectivity index (χ1v) is 11.2. The van der Waals surface area contributed by atoms with Crippen LogP contribution in [-0.4, -0.2) is 36.0 Å². The van der Waals surface area contributed by atoms with Crippen LogP contribution in [0.25, 0.3) is 5.65 Å². The fourth-order valence-electron chi connectivity index (χ4n) is 3.32. The van der Waals surface area contributed by atoms with Crippen LogP contribution in [0.1, 0.15) is 21.5 Å². The van der Waals surface area contributed by atoms with Gasteiger partial charge in [0.05, 0.1) is 19.0 Å². The normalized spacial score (nSPS) is 11.3. The average molecular weight is 452 g/mol. The number of amides is 1. The molecule has 1 amide bonds. The number of aryl methyl sites for hydroxylation is 2. The highest BCUT2D eigenvalue weighted by atomic mass is 32.2. The van der Waals surface area contributed by atoms with E-state index >= 15 is 0 Å². The molecule has 4 aromatic rings. The zero-order valence-electron chi connectivity index (χ0n) is 17.7. The maximum Gasteiger partial charge on any atom is 0.265 e. The zero-order valence-corrected chi connectivity index (χ0v) is 18.5. The van der Waals surface area contributed by atoms with Crippen molar-refractivity contribution in [2.75, 3.05) is 17.1 Å². The summed E-state index contributed by atoms with van der Waals surface area (Å²) < 4.78 is 35.8. The fourth-order valence-corrected chi connectivity index (χ4v) is 4.71. The number of nitrogens with one attached hydrogen (secondary N) is 2. The number of methoxy groups -OCH3 is 1. The van der Waals surface area contributed by atoms with Crippen LogP contribution in [0, 0.1) is 13.8 Å². The van der Waals surface area contributed by atoms with E-state index in [2.05, 4.69) is 20.1 Å². The number of ether oxygens (including phenoxy) is 1. The molecular weight excluding hydrogens is 430 g/mol. The van der Waals surface area contributed by atoms with Gasteiger partial charge in [0.1, 0.15) is 16.2 Å². The third-order valence-electron chi connectivity index (χ3n) is 4.95. The second-order valence-corrected chi connectivity index (χ2v) is 8.79. The molecule has 0 spiro atoms. The van der Waals surface area contributed by atoms with Crippen LogP contribution in [-0.2, 0) is 10.0 Å². The van der Waals surface area contributed by atoms with Gasteiger partial charge in [-0.2, -0.15) is 5.10 Å². The number of aromatic nitrogens is 3. The monoisotopic (exact) mass is 451 g/mol. The predicted octanol–water partition coefficient (Wildman–Crippen LogP) is 3.41. The number of sulfonamides is 1. The second-order valence-electron chi connectivity index (χ2n) is 7.14. The summed E-state index contributed by atoms with van der Waals surface area (Å²) in [6, 6.07) is 11.6. The zero-order chi connectivity index (χ0) is 22.9. The summed E-state index contributed by atoms with van der Waals surface area (Å²) in [5.74, 6) is -0.311. The molecular formula is C22H21N5O4S. The molecule has 2 aromatic carbocycles. The van der Waals surface area contributed by atoms with Crippen molar-refractivity contribution in [2.45, 2.75) is 18.7 Å². The summed E-state index contributed by atoms with van der Waals surface area (Å²) >= 11 is 0. The van der Waals surface area contributed by atoms with Gasteiger partial charge in [-0.25, -0.2) is 17.9 Å². The van der Waals surface area contributed by atoms with E-state index in [-0.39, 0.29) is 21.9 Å². The summed E-state index contributed by atoms with van der Waals surface area (Å²) in [6.07, 6.45) is 4.64. The van der Waals surface area contributed by atoms with Crippen LogP contribution in [0.5, 0.6) is 5.75 Å². The molecule has 164 valence electrons. The molecule has 0 saturated carbocycles. The van der Waals surface area contributed by atoms with Gasteiger partial charge in [-0.05, 0) is 49.2 Å². The first-order valence-electron chi connectivity index (χ1n) is 9.67. The Balaban J connectivity index is 1.67. The van der Waals surface area contributed by atoms with Gasteiger partial charge in [0.15, 0.2) is 5.65 Å². The van der Waals surface area contributed by atoms with E-state index in [9.17, 15) is 13.2 Å². The molecule has 0 aliphatic heterocycles. The Kier molecular flexibility index (Phi) is 5.54. The summed E-state index contributed by atoms with van der Waals surface area (Å²) in [4.78, 5) is 16.9. The quantitative estimate of drug-likeness (QED) is 0.464. The predicted molar refractivity (Wildman–Crippen MR) is 121 cm³/mol. The van der Waals surface area contributed by atoms with Gasteiger partial charge in [-0.1, -0.05) is 18.2 Å². The third kappa shape index (κ3) is 4.00. The highest BCUT2D eigenvalue weighted by molar-refractivity contribution is 7.92. The molecule has 0 fully saturated rings. The Morgan fingerprint density at radius 1 is 1.09 bits per heavy atom. The number of para-hydroxylation sites is 1. The smallest absolute Gasteiger partial charge is 0.265 e. The molecule has 0 aliphatic rings. The number of hydrogen-bond donors (Lipinski definition) is 2. The Morgan fingerprint density at radius 3 is 2.56 bits per heavy atom. The number of fused-ring (bicyclic) bond motifs is 1. The Labute approximate surface area is 185 Å². The lowest BCUT2D eigenvalue weighted by Gasteiger charge is -2.16. The number of hydrogen-bond acceptors (Lipinski definition) is 6. The van der Waals surface area contributed by atoms with E-state index in [0.29, 0.717) is 11.3 Å². The molecule has 0 atom stereocenters. The molecule has 2 N–H and O–H groups in total. The van der Waals surface area contributed by atoms with Crippen LogP contribution in [0.2, 0.25) is 0 Å². The van der Waals surface area contributed by atoms with E-state index in [4.69, 9.17) is 4.74 Å². The molecule has 2 heterocycles. The number of nitrogens with zero attached hydrogens (tertiary/aromatic N) is 3. The van der Waals surface area contributed by atoms with E-state index < -0.39 is 15.9 Å². The van der Waals surface area contributed by atoms with Crippen LogP contribution >= 0.6 is 0 Å². The molecule has 2 aromatic heterocycles. The molecule has 0 aliphatic carbocycles. The van der Waals surface area contributed by atoms with Gasteiger partial charge in [-0.15, -0.1) is 0 Å². The minimum Gasteiger partial charge on any atom is -0.495 e. The largest absolute Gasteiger partial charge is 0.495 e. The number of benzene rings is 2. The molecule has 32 heavy (non-hydrogen) atoms. The van der Waals surface area contributed by atoms with Crippen molar-refractivity contribution in [3.63, 3.8) is 0 Å². The average Bonchev–Trinajstić information content (AvgIpc) is 3.21. The molecule has 10 heteroatoms. The lowest BCUT2D eigenvalue weighted by atomic mass is 10.1. The first-order chi connectivity index (χ1) is 15.3. The molecule has 9 nitrogen and oxygen atoms in total. The van der Waals surface area contributed by atoms with Gasteiger partial charge in [0.2, 0.25) is 0 Å². The van der Waals surface area contributed by atoms with Crippen molar-refractivity contribution in [3.8, 4) is 5.75 Å². The van der Waals surface area contributed by atoms with Gasteiger partial charge in [0, 0.05) is 18.1 Å². The Bertz CT molecular complexity index is 1410. The summed E-state index contributed by atoms with van der Waals surface area (Å²) in [7, 11) is -2.62. The Morgan fingerprint density at radius 2 is 1.84 bits per heavy atom. The standard InChI is InChI=1S/C22H21N5O4S/c1-14-6-4-7-15(2)20(14)26-32(29,30)19-12-16(8-9-18(19)31-3)25-22(28)17-13-24-27-11-5-10-23-21(17)27/h4-13,26H,1-3H3,(H,25,28). The first kappa shape index (κ1) is 21.3. The topological polar surface area (TPSA) is 115 Å². The summed E-state index contributed by atoms with van der Waals surface area (Å²) in [6.45, 7) is 3.64. The lowest BCUT2D eigenvalue weighted by Crippen LogP contribution is -2.17. The number of rotatable bonds is 6. The van der Waals surface area contributed by atoms with Gasteiger partial charge in [-0.3, -0.25) is 9.52 Å². The van der Waals surface area contributed by atoms with Gasteiger partial charge < -0.3 is 10.1 Å². The van der Waals surface area contributed by atoms with Crippen LogP contribution in [0.15, 0.2) is 66.0 Å². The summed E-state index contributed by atoms with van der Waals surface area (Å²) in [5.41, 5.74) is 3.02. The second kappa shape index (κ2) is 8.31. The van der Waals surface area contributed by atoms with Crippen LogP contribution in [0.3, 0.4) is 0 Å². The van der Waals surface area contributed by atoms with Crippen molar-refractivity contribution in [2.24, 2.45) is 0 Å². The highest BCUT2D eigenvalue weighted by Crippen LogP contribution is 2.31. The minimum atomic E-state index is -4.00. The van der Waals surface area contributed by atoms with Crippen LogP contribution < -0.4 is 14.8 Å². The van der Waals surface area contributed by atoms with Crippen molar-refractivity contribution >= 4 is 33.0 Å². The van der Waals surface area contributed by atoms with Crippen molar-refractivity contribution < 1.29 is 17.9 Å². The third-order valence-corrected chi connectivity index (χ3v) is 6.32. The van der Waals surface area contributed by atoms with Gasteiger partial charge >= 0.3 is 0 Å². The van der Waals surface area contributed by atoms with Crippen molar-refractivity contribution in [1.29, 1.82) is 0 Å². The summed E-state index contributed by atoms with van der Waals surface area (Å²) in [5, 5.41) is 6.80. The number of carbonyl (C=O) groups excluding carboxylic acids is 1. The van der Waals surface area contributed by atoms with E-state index in [1.807, 2.05) is 32.0 Å². The SMILES string of the molecule is COc1ccc(NC(=O)c2cnn3cccnc23)cc1S(=O)(=O)Nc1c(C)cccc1C. The maximum absolute atomic E-state index is 13.2. The van der Waals surface area contributed by atoms with E-state index in [1.54, 1.807) is 24.5 Å². The minimum absolute atomic E-state index is 0.0987. The fraction of sp³-hybridized carbons (Fsp3) is 0.136. The van der Waals surface area contributed by atoms with E-state index in [0.717, 1.165) is 11.1 Å². The van der Waals surface area contributed by atoms with Crippen LogP contribution in [0.4, 0.5) is 11.4 Å². The molecule has 4 rings (SSSR count).